The molecule has 0 saturated carbocycles. The first-order chi connectivity index (χ1) is 14.4. The number of rotatable bonds is 7. The Morgan fingerprint density at radius 2 is 2.03 bits per heavy atom. The number of methoxy groups -OCH3 is 1. The Kier molecular flexibility index (Phi) is 6.31. The van der Waals surface area contributed by atoms with Gasteiger partial charge in [0, 0.05) is 5.56 Å². The van der Waals surface area contributed by atoms with Crippen molar-refractivity contribution in [1.29, 1.82) is 0 Å². The van der Waals surface area contributed by atoms with E-state index in [1.807, 2.05) is 0 Å². The van der Waals surface area contributed by atoms with Crippen LogP contribution in [-0.2, 0) is 20.8 Å². The van der Waals surface area contributed by atoms with E-state index in [4.69, 9.17) is 14.6 Å². The van der Waals surface area contributed by atoms with Crippen LogP contribution in [0.4, 0.5) is 5.69 Å². The van der Waals surface area contributed by atoms with Gasteiger partial charge in [0.25, 0.3) is 11.8 Å². The van der Waals surface area contributed by atoms with Crippen molar-refractivity contribution in [3.05, 3.63) is 53.6 Å². The number of amides is 2. The van der Waals surface area contributed by atoms with Crippen LogP contribution in [-0.4, -0.2) is 48.9 Å². The number of fused-ring (bicyclic) bond motifs is 1. The van der Waals surface area contributed by atoms with Gasteiger partial charge in [0.2, 0.25) is 0 Å². The molecule has 30 heavy (non-hydrogen) atoms. The number of para-hydroxylation sites is 2. The maximum Gasteiger partial charge on any atom is 0.307 e. The first kappa shape index (κ1) is 20.8. The molecule has 0 unspecified atom stereocenters. The van der Waals surface area contributed by atoms with E-state index >= 15 is 0 Å². The monoisotopic (exact) mass is 411 g/mol. The highest BCUT2D eigenvalue weighted by molar-refractivity contribution is 6.03. The number of anilines is 1. The standard InChI is InChI=1S/C21H21N3O6/c1-13(14-7-8-17(29-2)15(9-14)10-21(27)28)22-23-19(25)11-24-16-5-3-4-6-18(16)30-12-20(24)26/h3-9H,10-12H2,1-2H3,(H,23,25)(H,27,28)/b22-13-. The number of ether oxygens (including phenoxy) is 2. The molecule has 0 atom stereocenters. The van der Waals surface area contributed by atoms with Crippen molar-refractivity contribution in [2.75, 3.05) is 25.2 Å². The molecule has 0 spiro atoms. The zero-order chi connectivity index (χ0) is 21.7. The number of nitrogens with one attached hydrogen (secondary N) is 1. The van der Waals surface area contributed by atoms with Crippen molar-refractivity contribution in [3.8, 4) is 11.5 Å². The fraction of sp³-hybridized carbons (Fsp3) is 0.238. The number of carbonyl (C=O) groups is 3. The first-order valence-corrected chi connectivity index (χ1v) is 9.13. The van der Waals surface area contributed by atoms with Crippen LogP contribution >= 0.6 is 0 Å². The lowest BCUT2D eigenvalue weighted by molar-refractivity contribution is -0.136. The van der Waals surface area contributed by atoms with Gasteiger partial charge >= 0.3 is 5.97 Å². The summed E-state index contributed by atoms with van der Waals surface area (Å²) >= 11 is 0. The summed E-state index contributed by atoms with van der Waals surface area (Å²) in [6, 6.07) is 12.0. The molecule has 1 aliphatic heterocycles. The number of hydrogen-bond donors (Lipinski definition) is 2. The highest BCUT2D eigenvalue weighted by atomic mass is 16.5. The molecular formula is C21H21N3O6. The van der Waals surface area contributed by atoms with Gasteiger partial charge in [-0.3, -0.25) is 19.3 Å². The minimum absolute atomic E-state index is 0.134. The third-order valence-electron chi connectivity index (χ3n) is 4.50. The Hall–Kier alpha value is -3.88. The van der Waals surface area contributed by atoms with Crippen LogP contribution in [0.3, 0.4) is 0 Å². The van der Waals surface area contributed by atoms with Crippen molar-refractivity contribution in [2.24, 2.45) is 5.10 Å². The summed E-state index contributed by atoms with van der Waals surface area (Å²) in [6.07, 6.45) is -0.199. The molecule has 1 aliphatic rings. The van der Waals surface area contributed by atoms with Crippen LogP contribution in [0.5, 0.6) is 11.5 Å². The lowest BCUT2D eigenvalue weighted by atomic mass is 10.0. The van der Waals surface area contributed by atoms with Crippen LogP contribution in [0, 0.1) is 0 Å². The largest absolute Gasteiger partial charge is 0.496 e. The SMILES string of the molecule is COc1ccc(/C(C)=N\NC(=O)CN2C(=O)COc3ccccc32)cc1CC(=O)O. The molecule has 2 aromatic rings. The van der Waals surface area contributed by atoms with Gasteiger partial charge in [0.1, 0.15) is 18.0 Å². The number of benzene rings is 2. The predicted molar refractivity (Wildman–Crippen MR) is 109 cm³/mol. The smallest absolute Gasteiger partial charge is 0.307 e. The average molecular weight is 411 g/mol. The van der Waals surface area contributed by atoms with Crippen LogP contribution in [0.25, 0.3) is 0 Å². The average Bonchev–Trinajstić information content (AvgIpc) is 2.73. The number of carboxylic acid groups (broad SMARTS) is 1. The second-order valence-electron chi connectivity index (χ2n) is 6.57. The number of aliphatic carboxylic acids is 1. The molecule has 9 nitrogen and oxygen atoms in total. The fourth-order valence-electron chi connectivity index (χ4n) is 3.02. The molecule has 0 aromatic heterocycles. The Labute approximate surface area is 172 Å². The van der Waals surface area contributed by atoms with Gasteiger partial charge in [-0.2, -0.15) is 5.10 Å². The summed E-state index contributed by atoms with van der Waals surface area (Å²) in [5.74, 6) is -0.781. The van der Waals surface area contributed by atoms with E-state index in [0.29, 0.717) is 34.0 Å². The fourth-order valence-corrected chi connectivity index (χ4v) is 3.02. The molecule has 0 fully saturated rings. The summed E-state index contributed by atoms with van der Waals surface area (Å²) in [6.45, 7) is 1.34. The van der Waals surface area contributed by atoms with Crippen molar-refractivity contribution in [1.82, 2.24) is 5.43 Å². The summed E-state index contributed by atoms with van der Waals surface area (Å²) < 4.78 is 10.5. The number of hydrogen-bond acceptors (Lipinski definition) is 6. The third-order valence-corrected chi connectivity index (χ3v) is 4.50. The van der Waals surface area contributed by atoms with E-state index in [1.54, 1.807) is 49.4 Å². The van der Waals surface area contributed by atoms with Gasteiger partial charge in [0.05, 0.1) is 24.9 Å². The Morgan fingerprint density at radius 3 is 2.77 bits per heavy atom. The summed E-state index contributed by atoms with van der Waals surface area (Å²) in [5.41, 5.74) is 4.58. The minimum atomic E-state index is -0.983. The predicted octanol–water partition coefficient (Wildman–Crippen LogP) is 1.59. The Balaban J connectivity index is 1.71. The summed E-state index contributed by atoms with van der Waals surface area (Å²) in [4.78, 5) is 36.9. The summed E-state index contributed by atoms with van der Waals surface area (Å²) in [5, 5.41) is 13.1. The third kappa shape index (κ3) is 4.75. The van der Waals surface area contributed by atoms with Crippen molar-refractivity contribution >= 4 is 29.2 Å². The van der Waals surface area contributed by atoms with E-state index in [9.17, 15) is 14.4 Å². The van der Waals surface area contributed by atoms with E-state index in [2.05, 4.69) is 10.5 Å². The van der Waals surface area contributed by atoms with Crippen molar-refractivity contribution < 1.29 is 29.0 Å². The summed E-state index contributed by atoms with van der Waals surface area (Å²) in [7, 11) is 1.46. The minimum Gasteiger partial charge on any atom is -0.496 e. The van der Waals surface area contributed by atoms with E-state index < -0.39 is 11.9 Å². The lowest BCUT2D eigenvalue weighted by Crippen LogP contribution is -2.44. The highest BCUT2D eigenvalue weighted by Gasteiger charge is 2.26. The van der Waals surface area contributed by atoms with Gasteiger partial charge in [-0.15, -0.1) is 0 Å². The maximum absolute atomic E-state index is 12.4. The molecule has 9 heteroatoms. The zero-order valence-electron chi connectivity index (χ0n) is 16.5. The molecule has 0 bridgehead atoms. The van der Waals surface area contributed by atoms with Gasteiger partial charge in [-0.25, -0.2) is 5.43 Å². The molecule has 2 N–H and O–H groups in total. The van der Waals surface area contributed by atoms with E-state index in [0.717, 1.165) is 0 Å². The van der Waals surface area contributed by atoms with Crippen LogP contribution in [0.2, 0.25) is 0 Å². The highest BCUT2D eigenvalue weighted by Crippen LogP contribution is 2.31. The lowest BCUT2D eigenvalue weighted by Gasteiger charge is -2.28. The number of nitrogens with zero attached hydrogens (tertiary/aromatic N) is 2. The van der Waals surface area contributed by atoms with E-state index in [1.165, 1.54) is 12.0 Å². The normalized spacial score (nSPS) is 13.3. The molecule has 156 valence electrons. The molecule has 0 aliphatic carbocycles. The molecule has 0 saturated heterocycles. The molecule has 1 heterocycles. The number of carbonyl (C=O) groups excluding carboxylic acids is 2. The number of carboxylic acids is 1. The molecule has 0 radical (unpaired) electrons. The number of hydrazone groups is 1. The topological polar surface area (TPSA) is 118 Å². The van der Waals surface area contributed by atoms with Gasteiger partial charge < -0.3 is 14.6 Å². The quantitative estimate of drug-likeness (QED) is 0.528. The van der Waals surface area contributed by atoms with Gasteiger partial charge in [-0.05, 0) is 42.8 Å². The molecule has 3 rings (SSSR count). The van der Waals surface area contributed by atoms with Gasteiger partial charge in [-0.1, -0.05) is 12.1 Å². The second-order valence-corrected chi connectivity index (χ2v) is 6.57. The van der Waals surface area contributed by atoms with Crippen LogP contribution < -0.4 is 19.8 Å². The van der Waals surface area contributed by atoms with E-state index in [-0.39, 0.29) is 25.5 Å². The second kappa shape index (κ2) is 9.08. The molecular weight excluding hydrogens is 390 g/mol. The molecule has 2 amide bonds. The Morgan fingerprint density at radius 1 is 1.27 bits per heavy atom. The maximum atomic E-state index is 12.4. The van der Waals surface area contributed by atoms with Gasteiger partial charge in [0.15, 0.2) is 6.61 Å². The van der Waals surface area contributed by atoms with Crippen molar-refractivity contribution in [3.63, 3.8) is 0 Å². The first-order valence-electron chi connectivity index (χ1n) is 9.13. The van der Waals surface area contributed by atoms with Crippen LogP contribution in [0.15, 0.2) is 47.6 Å². The zero-order valence-corrected chi connectivity index (χ0v) is 16.5. The molecule has 2 aromatic carbocycles. The Bertz CT molecular complexity index is 1020. The van der Waals surface area contributed by atoms with Crippen molar-refractivity contribution in [2.45, 2.75) is 13.3 Å². The van der Waals surface area contributed by atoms with Crippen LogP contribution in [0.1, 0.15) is 18.1 Å².